The highest BCUT2D eigenvalue weighted by molar-refractivity contribution is 5.79. The van der Waals surface area contributed by atoms with E-state index in [1.807, 2.05) is 24.6 Å². The molecule has 1 aliphatic heterocycles. The lowest BCUT2D eigenvalue weighted by molar-refractivity contribution is -0.142. The van der Waals surface area contributed by atoms with Gasteiger partial charge in [0.1, 0.15) is 5.54 Å². The zero-order valence-electron chi connectivity index (χ0n) is 10.9. The second-order valence-corrected chi connectivity index (χ2v) is 5.01. The molecule has 0 radical (unpaired) electrons. The Bertz CT molecular complexity index is 457. The molecule has 6 nitrogen and oxygen atoms in total. The predicted molar refractivity (Wildman–Crippen MR) is 67.1 cm³/mol. The van der Waals surface area contributed by atoms with Gasteiger partial charge in [-0.25, -0.2) is 0 Å². The van der Waals surface area contributed by atoms with Crippen molar-refractivity contribution in [1.29, 1.82) is 0 Å². The van der Waals surface area contributed by atoms with Crippen LogP contribution in [0.5, 0.6) is 0 Å². The van der Waals surface area contributed by atoms with Crippen LogP contribution in [0.15, 0.2) is 6.07 Å². The van der Waals surface area contributed by atoms with Crippen molar-refractivity contribution >= 4 is 5.97 Å². The van der Waals surface area contributed by atoms with Crippen molar-refractivity contribution < 1.29 is 9.90 Å². The lowest BCUT2D eigenvalue weighted by Gasteiger charge is -2.20. The highest BCUT2D eigenvalue weighted by Gasteiger charge is 2.41. The average Bonchev–Trinajstić information content (AvgIpc) is 2.84. The number of carboxylic acids is 1. The van der Waals surface area contributed by atoms with E-state index in [9.17, 15) is 4.79 Å². The van der Waals surface area contributed by atoms with Crippen LogP contribution in [0.3, 0.4) is 0 Å². The molecular weight excluding hydrogens is 232 g/mol. The number of hydrogen-bond donors (Lipinski definition) is 2. The SMILES string of the molecule is CCn1nc(C)cc1CN1CCC(N)(C(=O)O)C1. The zero-order chi connectivity index (χ0) is 13.3. The predicted octanol–water partition coefficient (Wildman–Crippen LogP) is 0.199. The quantitative estimate of drug-likeness (QED) is 0.799. The minimum atomic E-state index is -1.09. The Morgan fingerprint density at radius 1 is 1.67 bits per heavy atom. The molecule has 0 aliphatic carbocycles. The Morgan fingerprint density at radius 2 is 2.39 bits per heavy atom. The summed E-state index contributed by atoms with van der Waals surface area (Å²) in [6.45, 7) is 6.66. The molecule has 1 aromatic rings. The van der Waals surface area contributed by atoms with Gasteiger partial charge in [-0.1, -0.05) is 0 Å². The molecule has 100 valence electrons. The topological polar surface area (TPSA) is 84.4 Å². The van der Waals surface area contributed by atoms with E-state index in [-0.39, 0.29) is 0 Å². The number of carbonyl (C=O) groups is 1. The molecule has 3 N–H and O–H groups in total. The number of likely N-dealkylation sites (tertiary alicyclic amines) is 1. The van der Waals surface area contributed by atoms with Crippen LogP contribution in [0, 0.1) is 6.92 Å². The number of rotatable bonds is 4. The Labute approximate surface area is 106 Å². The standard InChI is InChI=1S/C12H20N4O2/c1-3-16-10(6-9(2)14-16)7-15-5-4-12(13,8-15)11(17)18/h6H,3-5,7-8,13H2,1-2H3,(H,17,18). The maximum absolute atomic E-state index is 11.1. The van der Waals surface area contributed by atoms with Crippen LogP contribution in [0.25, 0.3) is 0 Å². The Kier molecular flexibility index (Phi) is 3.41. The summed E-state index contributed by atoms with van der Waals surface area (Å²) in [5.41, 5.74) is 6.87. The molecule has 0 spiro atoms. The van der Waals surface area contributed by atoms with E-state index in [2.05, 4.69) is 10.00 Å². The first kappa shape index (κ1) is 13.0. The molecule has 0 amide bonds. The van der Waals surface area contributed by atoms with Crippen LogP contribution in [-0.2, 0) is 17.9 Å². The molecule has 1 fully saturated rings. The van der Waals surface area contributed by atoms with Crippen molar-refractivity contribution in [3.05, 3.63) is 17.5 Å². The molecule has 0 aromatic carbocycles. The molecular formula is C12H20N4O2. The van der Waals surface area contributed by atoms with Gasteiger partial charge in [0.05, 0.1) is 11.4 Å². The fourth-order valence-electron chi connectivity index (χ4n) is 2.45. The first-order chi connectivity index (χ1) is 8.44. The summed E-state index contributed by atoms with van der Waals surface area (Å²) < 4.78 is 1.95. The third-order valence-corrected chi connectivity index (χ3v) is 3.48. The van der Waals surface area contributed by atoms with Gasteiger partial charge in [0, 0.05) is 26.2 Å². The monoisotopic (exact) mass is 252 g/mol. The summed E-state index contributed by atoms with van der Waals surface area (Å²) in [5, 5.41) is 13.5. The Morgan fingerprint density at radius 3 is 2.94 bits per heavy atom. The Hall–Kier alpha value is -1.40. The van der Waals surface area contributed by atoms with Crippen LogP contribution >= 0.6 is 0 Å². The molecule has 18 heavy (non-hydrogen) atoms. The van der Waals surface area contributed by atoms with E-state index < -0.39 is 11.5 Å². The first-order valence-electron chi connectivity index (χ1n) is 6.22. The van der Waals surface area contributed by atoms with Crippen molar-refractivity contribution in [1.82, 2.24) is 14.7 Å². The van der Waals surface area contributed by atoms with Crippen molar-refractivity contribution in [2.45, 2.75) is 38.9 Å². The summed E-state index contributed by atoms with van der Waals surface area (Å²) in [6.07, 6.45) is 0.502. The summed E-state index contributed by atoms with van der Waals surface area (Å²) in [4.78, 5) is 13.2. The molecule has 0 bridgehead atoms. The second kappa shape index (κ2) is 4.70. The number of aryl methyl sites for hydroxylation is 2. The van der Waals surface area contributed by atoms with Gasteiger partial charge in [-0.3, -0.25) is 14.4 Å². The van der Waals surface area contributed by atoms with E-state index in [0.29, 0.717) is 19.5 Å². The molecule has 6 heteroatoms. The first-order valence-corrected chi connectivity index (χ1v) is 6.22. The van der Waals surface area contributed by atoms with Gasteiger partial charge in [0.2, 0.25) is 0 Å². The Balaban J connectivity index is 2.05. The van der Waals surface area contributed by atoms with Crippen LogP contribution in [0.4, 0.5) is 0 Å². The summed E-state index contributed by atoms with van der Waals surface area (Å²) >= 11 is 0. The number of hydrogen-bond acceptors (Lipinski definition) is 4. The number of carboxylic acid groups (broad SMARTS) is 1. The van der Waals surface area contributed by atoms with Gasteiger partial charge in [-0.15, -0.1) is 0 Å². The van der Waals surface area contributed by atoms with Crippen LogP contribution in [-0.4, -0.2) is 44.4 Å². The average molecular weight is 252 g/mol. The second-order valence-electron chi connectivity index (χ2n) is 5.01. The smallest absolute Gasteiger partial charge is 0.325 e. The maximum Gasteiger partial charge on any atom is 0.325 e. The highest BCUT2D eigenvalue weighted by atomic mass is 16.4. The number of nitrogens with zero attached hydrogens (tertiary/aromatic N) is 3. The molecule has 2 heterocycles. The van der Waals surface area contributed by atoms with Crippen LogP contribution < -0.4 is 5.73 Å². The molecule has 0 saturated carbocycles. The van der Waals surface area contributed by atoms with Gasteiger partial charge in [-0.05, 0) is 26.3 Å². The largest absolute Gasteiger partial charge is 0.480 e. The lowest BCUT2D eigenvalue weighted by Crippen LogP contribution is -2.50. The normalized spacial score (nSPS) is 24.6. The number of aromatic nitrogens is 2. The fraction of sp³-hybridized carbons (Fsp3) is 0.667. The number of nitrogens with two attached hydrogens (primary N) is 1. The van der Waals surface area contributed by atoms with Gasteiger partial charge >= 0.3 is 5.97 Å². The number of aliphatic carboxylic acids is 1. The van der Waals surface area contributed by atoms with E-state index >= 15 is 0 Å². The summed E-state index contributed by atoms with van der Waals surface area (Å²) in [6, 6.07) is 2.04. The lowest BCUT2D eigenvalue weighted by atomic mass is 10.0. The highest BCUT2D eigenvalue weighted by Crippen LogP contribution is 2.21. The third kappa shape index (κ3) is 2.39. The van der Waals surface area contributed by atoms with Gasteiger partial charge < -0.3 is 10.8 Å². The minimum absolute atomic E-state index is 0.399. The van der Waals surface area contributed by atoms with Gasteiger partial charge in [-0.2, -0.15) is 5.10 Å². The van der Waals surface area contributed by atoms with E-state index in [4.69, 9.17) is 10.8 Å². The molecule has 1 unspecified atom stereocenters. The zero-order valence-corrected chi connectivity index (χ0v) is 10.9. The van der Waals surface area contributed by atoms with E-state index in [1.165, 1.54) is 0 Å². The molecule has 2 rings (SSSR count). The van der Waals surface area contributed by atoms with Crippen LogP contribution in [0.1, 0.15) is 24.7 Å². The molecule has 1 aliphatic rings. The van der Waals surface area contributed by atoms with Crippen molar-refractivity contribution in [3.63, 3.8) is 0 Å². The van der Waals surface area contributed by atoms with Crippen molar-refractivity contribution in [2.24, 2.45) is 5.73 Å². The van der Waals surface area contributed by atoms with E-state index in [1.54, 1.807) is 0 Å². The molecule has 1 atom stereocenters. The fourth-order valence-corrected chi connectivity index (χ4v) is 2.45. The van der Waals surface area contributed by atoms with Crippen molar-refractivity contribution in [2.75, 3.05) is 13.1 Å². The minimum Gasteiger partial charge on any atom is -0.480 e. The van der Waals surface area contributed by atoms with Gasteiger partial charge in [0.25, 0.3) is 0 Å². The molecule has 1 saturated heterocycles. The third-order valence-electron chi connectivity index (χ3n) is 3.48. The van der Waals surface area contributed by atoms with E-state index in [0.717, 1.165) is 24.5 Å². The van der Waals surface area contributed by atoms with Crippen LogP contribution in [0.2, 0.25) is 0 Å². The summed E-state index contributed by atoms with van der Waals surface area (Å²) in [5.74, 6) is -0.912. The van der Waals surface area contributed by atoms with Crippen molar-refractivity contribution in [3.8, 4) is 0 Å². The summed E-state index contributed by atoms with van der Waals surface area (Å²) in [7, 11) is 0. The maximum atomic E-state index is 11.1. The molecule has 1 aromatic heterocycles. The van der Waals surface area contributed by atoms with Gasteiger partial charge in [0.15, 0.2) is 0 Å².